The summed E-state index contributed by atoms with van der Waals surface area (Å²) >= 11 is 0. The summed E-state index contributed by atoms with van der Waals surface area (Å²) in [5.41, 5.74) is 0.908. The van der Waals surface area contributed by atoms with Gasteiger partial charge >= 0.3 is 0 Å². The van der Waals surface area contributed by atoms with Crippen molar-refractivity contribution in [3.05, 3.63) is 33.7 Å². The van der Waals surface area contributed by atoms with Crippen molar-refractivity contribution in [2.75, 3.05) is 19.6 Å². The molecule has 0 spiro atoms. The maximum Gasteiger partial charge on any atom is 0.256 e. The average molecular weight is 345 g/mol. The number of hydrogen-bond acceptors (Lipinski definition) is 3. The summed E-state index contributed by atoms with van der Waals surface area (Å²) in [4.78, 5) is 27.1. The number of hydrogen-bond donors (Lipinski definition) is 1. The van der Waals surface area contributed by atoms with Gasteiger partial charge < -0.3 is 14.8 Å². The van der Waals surface area contributed by atoms with Crippen LogP contribution in [0.3, 0.4) is 0 Å². The summed E-state index contributed by atoms with van der Waals surface area (Å²) in [5, 5.41) is 3.00. The van der Waals surface area contributed by atoms with Crippen LogP contribution in [-0.4, -0.2) is 41.1 Å². The smallest absolute Gasteiger partial charge is 0.256 e. The summed E-state index contributed by atoms with van der Waals surface area (Å²) in [6.07, 6.45) is 10.8. The van der Waals surface area contributed by atoms with E-state index in [-0.39, 0.29) is 16.9 Å². The number of rotatable bonds is 4. The summed E-state index contributed by atoms with van der Waals surface area (Å²) in [6.45, 7) is 4.81. The largest absolute Gasteiger partial charge is 0.354 e. The first-order valence-corrected chi connectivity index (χ1v) is 9.74. The van der Waals surface area contributed by atoms with Crippen molar-refractivity contribution in [2.45, 2.75) is 57.9 Å². The molecule has 2 heterocycles. The lowest BCUT2D eigenvalue weighted by Gasteiger charge is -2.40. The van der Waals surface area contributed by atoms with Crippen LogP contribution in [0.2, 0.25) is 0 Å². The lowest BCUT2D eigenvalue weighted by Crippen LogP contribution is -2.46. The molecule has 1 atom stereocenters. The first-order chi connectivity index (χ1) is 12.0. The first-order valence-electron chi connectivity index (χ1n) is 9.74. The number of aryl methyl sites for hydroxylation is 2. The molecule has 1 aromatic rings. The van der Waals surface area contributed by atoms with Crippen LogP contribution in [-0.2, 0) is 7.05 Å². The van der Waals surface area contributed by atoms with Crippen LogP contribution in [0.4, 0.5) is 0 Å². The van der Waals surface area contributed by atoms with Crippen molar-refractivity contribution < 1.29 is 4.79 Å². The molecular weight excluding hydrogens is 314 g/mol. The van der Waals surface area contributed by atoms with Gasteiger partial charge in [0.05, 0.1) is 0 Å². The lowest BCUT2D eigenvalue weighted by atomic mass is 9.90. The topological polar surface area (TPSA) is 54.3 Å². The summed E-state index contributed by atoms with van der Waals surface area (Å²) < 4.78 is 1.82. The number of aromatic nitrogens is 1. The maximum atomic E-state index is 12.4. The molecule has 1 amide bonds. The maximum absolute atomic E-state index is 12.4. The van der Waals surface area contributed by atoms with Crippen molar-refractivity contribution in [3.8, 4) is 0 Å². The van der Waals surface area contributed by atoms with Crippen molar-refractivity contribution >= 4 is 5.91 Å². The highest BCUT2D eigenvalue weighted by Gasteiger charge is 2.27. The second-order valence-electron chi connectivity index (χ2n) is 7.81. The standard InChI is InChI=1S/C20H31N3O2/c1-15-11-19(24)18(14-22(15)2)20(25)21-12-16-7-6-10-23(13-16)17-8-4-3-5-9-17/h11,14,16-17H,3-10,12-13H2,1-2H3,(H,21,25). The van der Waals surface area contributed by atoms with E-state index in [1.165, 1.54) is 51.1 Å². The molecule has 2 fully saturated rings. The van der Waals surface area contributed by atoms with Gasteiger partial charge in [0.25, 0.3) is 5.91 Å². The number of pyridine rings is 1. The third-order valence-corrected chi connectivity index (χ3v) is 5.92. The normalized spacial score (nSPS) is 22.7. The molecule has 3 rings (SSSR count). The molecule has 1 saturated carbocycles. The number of likely N-dealkylation sites (tertiary alicyclic amines) is 1. The molecule has 0 radical (unpaired) electrons. The van der Waals surface area contributed by atoms with E-state index < -0.39 is 0 Å². The molecule has 25 heavy (non-hydrogen) atoms. The molecule has 1 unspecified atom stereocenters. The van der Waals surface area contributed by atoms with E-state index in [9.17, 15) is 9.59 Å². The number of carbonyl (C=O) groups excluding carboxylic acids is 1. The van der Waals surface area contributed by atoms with Gasteiger partial charge in [0.2, 0.25) is 0 Å². The van der Waals surface area contributed by atoms with Gasteiger partial charge in [-0.3, -0.25) is 9.59 Å². The Kier molecular flexibility index (Phi) is 5.94. The van der Waals surface area contributed by atoms with E-state index in [1.807, 2.05) is 18.5 Å². The SMILES string of the molecule is Cc1cc(=O)c(C(=O)NCC2CCCN(C3CCCCC3)C2)cn1C. The lowest BCUT2D eigenvalue weighted by molar-refractivity contribution is 0.0865. The Bertz CT molecular complexity index is 661. The molecule has 1 saturated heterocycles. The number of amides is 1. The minimum atomic E-state index is -0.240. The second kappa shape index (κ2) is 8.17. The van der Waals surface area contributed by atoms with E-state index in [4.69, 9.17) is 0 Å². The highest BCUT2D eigenvalue weighted by atomic mass is 16.2. The Morgan fingerprint density at radius 3 is 2.72 bits per heavy atom. The third kappa shape index (κ3) is 4.51. The fourth-order valence-corrected chi connectivity index (χ4v) is 4.27. The summed E-state index contributed by atoms with van der Waals surface area (Å²) in [5.74, 6) is 0.254. The molecule has 0 aromatic carbocycles. The predicted octanol–water partition coefficient (Wildman–Crippen LogP) is 2.47. The van der Waals surface area contributed by atoms with Gasteiger partial charge in [0.1, 0.15) is 5.56 Å². The van der Waals surface area contributed by atoms with Crippen LogP contribution in [0, 0.1) is 12.8 Å². The second-order valence-corrected chi connectivity index (χ2v) is 7.81. The van der Waals surface area contributed by atoms with E-state index >= 15 is 0 Å². The van der Waals surface area contributed by atoms with Crippen LogP contribution >= 0.6 is 0 Å². The summed E-state index contributed by atoms with van der Waals surface area (Å²) in [7, 11) is 1.86. The number of nitrogens with one attached hydrogen (secondary N) is 1. The van der Waals surface area contributed by atoms with Crippen molar-refractivity contribution in [1.29, 1.82) is 0 Å². The van der Waals surface area contributed by atoms with E-state index in [0.717, 1.165) is 24.7 Å². The van der Waals surface area contributed by atoms with E-state index in [1.54, 1.807) is 6.20 Å². The molecule has 1 N–H and O–H groups in total. The van der Waals surface area contributed by atoms with Gasteiger partial charge in [-0.2, -0.15) is 0 Å². The molecule has 2 aliphatic rings. The van der Waals surface area contributed by atoms with Gasteiger partial charge in [-0.15, -0.1) is 0 Å². The van der Waals surface area contributed by atoms with E-state index in [0.29, 0.717) is 12.5 Å². The van der Waals surface area contributed by atoms with Crippen molar-refractivity contribution in [1.82, 2.24) is 14.8 Å². The Morgan fingerprint density at radius 1 is 1.20 bits per heavy atom. The molecule has 5 nitrogen and oxygen atoms in total. The molecule has 0 bridgehead atoms. The third-order valence-electron chi connectivity index (χ3n) is 5.92. The highest BCUT2D eigenvalue weighted by Crippen LogP contribution is 2.26. The fourth-order valence-electron chi connectivity index (χ4n) is 4.27. The molecule has 138 valence electrons. The zero-order valence-corrected chi connectivity index (χ0v) is 15.6. The van der Waals surface area contributed by atoms with Gasteiger partial charge in [0, 0.05) is 44.1 Å². The zero-order valence-electron chi connectivity index (χ0n) is 15.6. The van der Waals surface area contributed by atoms with Gasteiger partial charge in [0.15, 0.2) is 5.43 Å². The number of nitrogens with zero attached hydrogens (tertiary/aromatic N) is 2. The molecule has 1 aliphatic carbocycles. The van der Waals surface area contributed by atoms with Gasteiger partial charge in [-0.1, -0.05) is 19.3 Å². The number of piperidine rings is 1. The Labute approximate surface area is 150 Å². The molecule has 1 aromatic heterocycles. The minimum Gasteiger partial charge on any atom is -0.354 e. The van der Waals surface area contributed by atoms with Crippen LogP contribution < -0.4 is 10.7 Å². The first kappa shape index (κ1) is 18.2. The Balaban J connectivity index is 1.55. The Hall–Kier alpha value is -1.62. The van der Waals surface area contributed by atoms with Crippen LogP contribution in [0.15, 0.2) is 17.1 Å². The van der Waals surface area contributed by atoms with Crippen molar-refractivity contribution in [2.24, 2.45) is 13.0 Å². The zero-order chi connectivity index (χ0) is 17.8. The monoisotopic (exact) mass is 345 g/mol. The predicted molar refractivity (Wildman–Crippen MR) is 99.9 cm³/mol. The van der Waals surface area contributed by atoms with E-state index in [2.05, 4.69) is 10.2 Å². The molecular formula is C20H31N3O2. The number of carbonyl (C=O) groups is 1. The fraction of sp³-hybridized carbons (Fsp3) is 0.700. The average Bonchev–Trinajstić information content (AvgIpc) is 2.64. The highest BCUT2D eigenvalue weighted by molar-refractivity contribution is 5.93. The molecule has 1 aliphatic heterocycles. The van der Waals surface area contributed by atoms with Crippen LogP contribution in [0.1, 0.15) is 61.0 Å². The van der Waals surface area contributed by atoms with Crippen LogP contribution in [0.5, 0.6) is 0 Å². The van der Waals surface area contributed by atoms with Gasteiger partial charge in [-0.25, -0.2) is 0 Å². The van der Waals surface area contributed by atoms with Crippen molar-refractivity contribution in [3.63, 3.8) is 0 Å². The molecule has 5 heteroatoms. The summed E-state index contributed by atoms with van der Waals surface area (Å²) in [6, 6.07) is 2.28. The quantitative estimate of drug-likeness (QED) is 0.912. The van der Waals surface area contributed by atoms with Gasteiger partial charge in [-0.05, 0) is 45.1 Å². The minimum absolute atomic E-state index is 0.194. The Morgan fingerprint density at radius 2 is 1.96 bits per heavy atom. The van der Waals surface area contributed by atoms with Crippen LogP contribution in [0.25, 0.3) is 0 Å².